The van der Waals surface area contributed by atoms with E-state index in [0.717, 1.165) is 29.2 Å². The van der Waals surface area contributed by atoms with Crippen molar-refractivity contribution in [2.75, 3.05) is 20.3 Å². The molecule has 1 aromatic heterocycles. The number of hydrogen-bond donors (Lipinski definition) is 1. The highest BCUT2D eigenvalue weighted by molar-refractivity contribution is 5.45. The summed E-state index contributed by atoms with van der Waals surface area (Å²) in [4.78, 5) is 0. The molecular formula is C15H17NO3. The Bertz CT molecular complexity index is 536. The van der Waals surface area contributed by atoms with Crippen molar-refractivity contribution in [1.29, 1.82) is 0 Å². The molecule has 3 rings (SSSR count). The van der Waals surface area contributed by atoms with Crippen molar-refractivity contribution in [2.24, 2.45) is 0 Å². The van der Waals surface area contributed by atoms with Crippen LogP contribution in [-0.2, 0) is 0 Å². The molecule has 0 saturated heterocycles. The molecule has 0 fully saturated rings. The lowest BCUT2D eigenvalue weighted by atomic mass is 10.0. The molecule has 4 heteroatoms. The second-order valence-electron chi connectivity index (χ2n) is 4.49. The second-order valence-corrected chi connectivity index (χ2v) is 4.49. The summed E-state index contributed by atoms with van der Waals surface area (Å²) in [5.74, 6) is 2.51. The highest BCUT2D eigenvalue weighted by atomic mass is 16.5. The van der Waals surface area contributed by atoms with Crippen LogP contribution in [0.4, 0.5) is 0 Å². The van der Waals surface area contributed by atoms with Gasteiger partial charge in [0.15, 0.2) is 11.5 Å². The van der Waals surface area contributed by atoms with Gasteiger partial charge in [0.05, 0.1) is 25.5 Å². The zero-order chi connectivity index (χ0) is 13.1. The monoisotopic (exact) mass is 259 g/mol. The smallest absolute Gasteiger partial charge is 0.161 e. The Balaban J connectivity index is 1.94. The van der Waals surface area contributed by atoms with E-state index in [1.807, 2.05) is 37.4 Å². The number of benzene rings is 1. The lowest BCUT2D eigenvalue weighted by Crippen LogP contribution is -2.17. The van der Waals surface area contributed by atoms with Crippen molar-refractivity contribution < 1.29 is 13.9 Å². The van der Waals surface area contributed by atoms with E-state index in [1.165, 1.54) is 0 Å². The molecule has 100 valence electrons. The third kappa shape index (κ3) is 2.44. The number of fused-ring (bicyclic) bond motifs is 1. The summed E-state index contributed by atoms with van der Waals surface area (Å²) in [6.07, 6.45) is 2.60. The van der Waals surface area contributed by atoms with Gasteiger partial charge in [-0.15, -0.1) is 0 Å². The maximum atomic E-state index is 5.72. The van der Waals surface area contributed by atoms with Gasteiger partial charge in [-0.1, -0.05) is 6.07 Å². The Morgan fingerprint density at radius 1 is 1.11 bits per heavy atom. The fourth-order valence-electron chi connectivity index (χ4n) is 2.29. The van der Waals surface area contributed by atoms with Gasteiger partial charge in [0, 0.05) is 6.42 Å². The van der Waals surface area contributed by atoms with Gasteiger partial charge >= 0.3 is 0 Å². The molecule has 2 aromatic rings. The fraction of sp³-hybridized carbons (Fsp3) is 0.333. The van der Waals surface area contributed by atoms with Crippen molar-refractivity contribution in [2.45, 2.75) is 12.5 Å². The molecule has 4 nitrogen and oxygen atoms in total. The van der Waals surface area contributed by atoms with Crippen molar-refractivity contribution >= 4 is 0 Å². The van der Waals surface area contributed by atoms with E-state index in [-0.39, 0.29) is 6.04 Å². The van der Waals surface area contributed by atoms with E-state index in [9.17, 15) is 0 Å². The van der Waals surface area contributed by atoms with Gasteiger partial charge in [-0.2, -0.15) is 0 Å². The summed E-state index contributed by atoms with van der Waals surface area (Å²) < 4.78 is 16.8. The minimum Gasteiger partial charge on any atom is -0.490 e. The fourth-order valence-corrected chi connectivity index (χ4v) is 2.29. The van der Waals surface area contributed by atoms with Crippen LogP contribution in [0, 0.1) is 0 Å². The van der Waals surface area contributed by atoms with Gasteiger partial charge in [-0.3, -0.25) is 0 Å². The molecule has 0 spiro atoms. The van der Waals surface area contributed by atoms with E-state index < -0.39 is 0 Å². The molecule has 19 heavy (non-hydrogen) atoms. The molecule has 1 aliphatic rings. The molecular weight excluding hydrogens is 242 g/mol. The van der Waals surface area contributed by atoms with Crippen molar-refractivity contribution in [3.63, 3.8) is 0 Å². The van der Waals surface area contributed by atoms with Crippen LogP contribution in [0.2, 0.25) is 0 Å². The van der Waals surface area contributed by atoms with Gasteiger partial charge in [0.1, 0.15) is 5.76 Å². The van der Waals surface area contributed by atoms with Gasteiger partial charge in [0.25, 0.3) is 0 Å². The molecule has 0 aliphatic carbocycles. The Morgan fingerprint density at radius 2 is 1.95 bits per heavy atom. The topological polar surface area (TPSA) is 43.6 Å². The van der Waals surface area contributed by atoms with Crippen molar-refractivity contribution in [3.05, 3.63) is 47.9 Å². The average Bonchev–Trinajstić information content (AvgIpc) is 2.85. The van der Waals surface area contributed by atoms with Gasteiger partial charge in [-0.05, 0) is 36.9 Å². The van der Waals surface area contributed by atoms with Gasteiger partial charge in [-0.25, -0.2) is 0 Å². The Labute approximate surface area is 112 Å². The first kappa shape index (κ1) is 12.1. The summed E-state index contributed by atoms with van der Waals surface area (Å²) in [7, 11) is 1.91. The highest BCUT2D eigenvalue weighted by Gasteiger charge is 2.18. The van der Waals surface area contributed by atoms with E-state index in [2.05, 4.69) is 5.32 Å². The number of furan rings is 1. The first-order chi connectivity index (χ1) is 9.38. The van der Waals surface area contributed by atoms with E-state index in [0.29, 0.717) is 13.2 Å². The van der Waals surface area contributed by atoms with E-state index in [1.54, 1.807) is 6.26 Å². The Kier molecular flexibility index (Phi) is 3.42. The lowest BCUT2D eigenvalue weighted by Gasteiger charge is -2.16. The van der Waals surface area contributed by atoms with Crippen molar-refractivity contribution in [3.8, 4) is 11.5 Å². The van der Waals surface area contributed by atoms with Crippen LogP contribution in [0.3, 0.4) is 0 Å². The van der Waals surface area contributed by atoms with E-state index in [4.69, 9.17) is 13.9 Å². The largest absolute Gasteiger partial charge is 0.490 e. The van der Waals surface area contributed by atoms with Crippen LogP contribution in [0.1, 0.15) is 23.8 Å². The molecule has 2 heterocycles. The minimum absolute atomic E-state index is 0.0205. The zero-order valence-corrected chi connectivity index (χ0v) is 10.9. The number of hydrogen-bond acceptors (Lipinski definition) is 4. The number of rotatable bonds is 3. The molecule has 1 atom stereocenters. The predicted molar refractivity (Wildman–Crippen MR) is 71.7 cm³/mol. The summed E-state index contributed by atoms with van der Waals surface area (Å²) >= 11 is 0. The maximum absolute atomic E-state index is 5.72. The third-order valence-electron chi connectivity index (χ3n) is 3.22. The molecule has 1 N–H and O–H groups in total. The van der Waals surface area contributed by atoms with Gasteiger partial charge < -0.3 is 19.2 Å². The molecule has 0 bridgehead atoms. The third-order valence-corrected chi connectivity index (χ3v) is 3.22. The van der Waals surface area contributed by atoms with Crippen LogP contribution in [-0.4, -0.2) is 20.3 Å². The molecule has 0 amide bonds. The standard InChI is InChI=1S/C15H17NO3/c1-16-15(13-4-2-7-18-13)11-5-6-12-14(10-11)19-9-3-8-17-12/h2,4-7,10,15-16H,3,8-9H2,1H3. The summed E-state index contributed by atoms with van der Waals surface area (Å²) in [5, 5.41) is 3.25. The first-order valence-corrected chi connectivity index (χ1v) is 6.48. The molecule has 0 radical (unpaired) electrons. The lowest BCUT2D eigenvalue weighted by molar-refractivity contribution is 0.297. The maximum Gasteiger partial charge on any atom is 0.161 e. The first-order valence-electron chi connectivity index (χ1n) is 6.48. The SMILES string of the molecule is CNC(c1ccc2c(c1)OCCCO2)c1ccco1. The number of ether oxygens (including phenoxy) is 2. The van der Waals surface area contributed by atoms with Crippen LogP contribution in [0.15, 0.2) is 41.0 Å². The van der Waals surface area contributed by atoms with Crippen molar-refractivity contribution in [1.82, 2.24) is 5.32 Å². The summed E-state index contributed by atoms with van der Waals surface area (Å²) in [5.41, 5.74) is 1.10. The zero-order valence-electron chi connectivity index (χ0n) is 10.9. The Morgan fingerprint density at radius 3 is 2.68 bits per heavy atom. The average molecular weight is 259 g/mol. The molecule has 1 unspecified atom stereocenters. The van der Waals surface area contributed by atoms with Crippen LogP contribution in [0.25, 0.3) is 0 Å². The predicted octanol–water partition coefficient (Wildman–Crippen LogP) is 2.75. The summed E-state index contributed by atoms with van der Waals surface area (Å²) in [6.45, 7) is 1.40. The normalized spacial score (nSPS) is 15.8. The van der Waals surface area contributed by atoms with E-state index >= 15 is 0 Å². The van der Waals surface area contributed by atoms with Gasteiger partial charge in [0.2, 0.25) is 0 Å². The Hall–Kier alpha value is -1.94. The van der Waals surface area contributed by atoms with Crippen LogP contribution < -0.4 is 14.8 Å². The highest BCUT2D eigenvalue weighted by Crippen LogP contribution is 2.33. The minimum atomic E-state index is 0.0205. The molecule has 0 saturated carbocycles. The van der Waals surface area contributed by atoms with Crippen LogP contribution >= 0.6 is 0 Å². The quantitative estimate of drug-likeness (QED) is 0.920. The summed E-state index contributed by atoms with van der Waals surface area (Å²) in [6, 6.07) is 9.89. The molecule has 1 aliphatic heterocycles. The van der Waals surface area contributed by atoms with Crippen LogP contribution in [0.5, 0.6) is 11.5 Å². The number of nitrogens with one attached hydrogen (secondary N) is 1. The molecule has 1 aromatic carbocycles. The second kappa shape index (κ2) is 5.36.